The summed E-state index contributed by atoms with van der Waals surface area (Å²) in [6.07, 6.45) is 1.55. The molecule has 3 amide bonds. The molecule has 0 aliphatic carbocycles. The number of imide groups is 1. The van der Waals surface area contributed by atoms with E-state index in [2.05, 4.69) is 5.32 Å². The molecule has 0 spiro atoms. The molecule has 140 valence electrons. The second kappa shape index (κ2) is 7.90. The second-order valence-electron chi connectivity index (χ2n) is 5.81. The van der Waals surface area contributed by atoms with Gasteiger partial charge in [0.05, 0.1) is 20.3 Å². The first kappa shape index (κ1) is 18.4. The lowest BCUT2D eigenvalue weighted by Crippen LogP contribution is -2.30. The molecule has 0 bridgehead atoms. The molecule has 1 aliphatic heterocycles. The van der Waals surface area contributed by atoms with Gasteiger partial charge in [-0.2, -0.15) is 0 Å². The molecule has 7 heteroatoms. The zero-order chi connectivity index (χ0) is 19.4. The summed E-state index contributed by atoms with van der Waals surface area (Å²) in [6, 6.07) is 10.6. The first-order valence-electron chi connectivity index (χ1n) is 8.42. The molecule has 1 heterocycles. The van der Waals surface area contributed by atoms with Crippen molar-refractivity contribution in [2.24, 2.45) is 0 Å². The number of carbonyl (C=O) groups is 2. The van der Waals surface area contributed by atoms with Crippen molar-refractivity contribution in [3.63, 3.8) is 0 Å². The molecule has 27 heavy (non-hydrogen) atoms. The molecular formula is C20H19FN2O4. The molecule has 0 unspecified atom stereocenters. The van der Waals surface area contributed by atoms with E-state index in [-0.39, 0.29) is 17.8 Å². The Balaban J connectivity index is 1.84. The summed E-state index contributed by atoms with van der Waals surface area (Å²) in [4.78, 5) is 25.7. The largest absolute Gasteiger partial charge is 0.493 e. The van der Waals surface area contributed by atoms with Gasteiger partial charge < -0.3 is 14.8 Å². The van der Waals surface area contributed by atoms with Gasteiger partial charge in [-0.05, 0) is 36.8 Å². The Morgan fingerprint density at radius 3 is 2.63 bits per heavy atom. The van der Waals surface area contributed by atoms with E-state index in [1.54, 1.807) is 36.4 Å². The normalized spacial score (nSPS) is 15.2. The number of halogens is 1. The molecule has 0 aromatic heterocycles. The van der Waals surface area contributed by atoms with Crippen molar-refractivity contribution < 1.29 is 23.5 Å². The number of methoxy groups -OCH3 is 1. The number of benzene rings is 2. The molecule has 1 N–H and O–H groups in total. The second-order valence-corrected chi connectivity index (χ2v) is 5.81. The van der Waals surface area contributed by atoms with Crippen LogP contribution in [0.3, 0.4) is 0 Å². The monoisotopic (exact) mass is 370 g/mol. The third-order valence-electron chi connectivity index (χ3n) is 4.05. The van der Waals surface area contributed by atoms with Crippen LogP contribution in [0.15, 0.2) is 48.2 Å². The average Bonchev–Trinajstić information content (AvgIpc) is 2.91. The van der Waals surface area contributed by atoms with E-state index in [9.17, 15) is 14.0 Å². The van der Waals surface area contributed by atoms with Crippen LogP contribution in [0.5, 0.6) is 11.5 Å². The van der Waals surface area contributed by atoms with Crippen molar-refractivity contribution in [1.82, 2.24) is 10.2 Å². The lowest BCUT2D eigenvalue weighted by molar-refractivity contribution is -0.123. The number of ether oxygens (including phenoxy) is 2. The highest BCUT2D eigenvalue weighted by Gasteiger charge is 2.34. The van der Waals surface area contributed by atoms with Crippen molar-refractivity contribution in [2.45, 2.75) is 13.5 Å². The molecule has 0 radical (unpaired) electrons. The predicted molar refractivity (Wildman–Crippen MR) is 97.6 cm³/mol. The number of nitrogens with one attached hydrogen (secondary N) is 1. The molecule has 1 aliphatic rings. The molecule has 0 atom stereocenters. The summed E-state index contributed by atoms with van der Waals surface area (Å²) < 4.78 is 24.6. The highest BCUT2D eigenvalue weighted by atomic mass is 19.1. The fraction of sp³-hybridized carbons (Fsp3) is 0.200. The zero-order valence-electron chi connectivity index (χ0n) is 15.0. The smallest absolute Gasteiger partial charge is 0.329 e. The van der Waals surface area contributed by atoms with E-state index in [1.807, 2.05) is 6.92 Å². The van der Waals surface area contributed by atoms with Gasteiger partial charge >= 0.3 is 6.03 Å². The van der Waals surface area contributed by atoms with Crippen molar-refractivity contribution in [1.29, 1.82) is 0 Å². The van der Waals surface area contributed by atoms with Gasteiger partial charge in [0, 0.05) is 5.56 Å². The van der Waals surface area contributed by atoms with Crippen LogP contribution in [0, 0.1) is 5.82 Å². The van der Waals surface area contributed by atoms with Gasteiger partial charge in [0.1, 0.15) is 11.5 Å². The summed E-state index contributed by atoms with van der Waals surface area (Å²) >= 11 is 0. The Kier molecular flexibility index (Phi) is 5.40. The average molecular weight is 370 g/mol. The Hall–Kier alpha value is -3.35. The summed E-state index contributed by atoms with van der Waals surface area (Å²) in [7, 11) is 1.54. The quantitative estimate of drug-likeness (QED) is 0.626. The van der Waals surface area contributed by atoms with Crippen LogP contribution < -0.4 is 14.8 Å². The highest BCUT2D eigenvalue weighted by molar-refractivity contribution is 6.13. The zero-order valence-corrected chi connectivity index (χ0v) is 15.0. The van der Waals surface area contributed by atoms with E-state index >= 15 is 0 Å². The fourth-order valence-corrected chi connectivity index (χ4v) is 2.73. The molecule has 3 rings (SSSR count). The Morgan fingerprint density at radius 2 is 1.93 bits per heavy atom. The lowest BCUT2D eigenvalue weighted by atomic mass is 10.1. The van der Waals surface area contributed by atoms with E-state index in [1.165, 1.54) is 19.2 Å². The number of urea groups is 1. The lowest BCUT2D eigenvalue weighted by Gasteiger charge is -2.12. The summed E-state index contributed by atoms with van der Waals surface area (Å²) in [5, 5.41) is 2.53. The molecular weight excluding hydrogens is 351 g/mol. The molecule has 1 saturated heterocycles. The van der Waals surface area contributed by atoms with Crippen LogP contribution >= 0.6 is 0 Å². The van der Waals surface area contributed by atoms with Crippen molar-refractivity contribution in [3.05, 3.63) is 65.1 Å². The predicted octanol–water partition coefficient (Wildman–Crippen LogP) is 3.33. The van der Waals surface area contributed by atoms with E-state index < -0.39 is 17.8 Å². The molecule has 6 nitrogen and oxygen atoms in total. The first-order valence-corrected chi connectivity index (χ1v) is 8.42. The minimum Gasteiger partial charge on any atom is -0.493 e. The van der Waals surface area contributed by atoms with Gasteiger partial charge in [0.15, 0.2) is 11.5 Å². The number of carbonyl (C=O) groups excluding carboxylic acids is 2. The standard InChI is InChI=1S/C20H19FN2O4/c1-3-27-18-11-13(8-9-17(18)26-2)10-16-19(24)23(20(25)22-16)12-14-6-4-5-7-15(14)21/h4-11H,3,12H2,1-2H3,(H,22,25)/b16-10+. The summed E-state index contributed by atoms with van der Waals surface area (Å²) in [5.41, 5.74) is 1.05. The van der Waals surface area contributed by atoms with Crippen molar-refractivity contribution in [2.75, 3.05) is 13.7 Å². The third-order valence-corrected chi connectivity index (χ3v) is 4.05. The van der Waals surface area contributed by atoms with Gasteiger partial charge in [-0.3, -0.25) is 9.69 Å². The van der Waals surface area contributed by atoms with Crippen LogP contribution in [0.1, 0.15) is 18.1 Å². The van der Waals surface area contributed by atoms with Gasteiger partial charge in [0.2, 0.25) is 0 Å². The van der Waals surface area contributed by atoms with E-state index in [0.29, 0.717) is 23.7 Å². The van der Waals surface area contributed by atoms with Crippen molar-refractivity contribution in [3.8, 4) is 11.5 Å². The molecule has 2 aromatic carbocycles. The van der Waals surface area contributed by atoms with Crippen LogP contribution in [-0.2, 0) is 11.3 Å². The van der Waals surface area contributed by atoms with Gasteiger partial charge in [0.25, 0.3) is 5.91 Å². The van der Waals surface area contributed by atoms with Gasteiger partial charge in [-0.15, -0.1) is 0 Å². The maximum Gasteiger partial charge on any atom is 0.329 e. The summed E-state index contributed by atoms with van der Waals surface area (Å²) in [6.45, 7) is 2.18. The molecule has 2 aromatic rings. The Bertz CT molecular complexity index is 911. The Labute approximate surface area is 156 Å². The maximum absolute atomic E-state index is 13.8. The molecule has 1 fully saturated rings. The van der Waals surface area contributed by atoms with E-state index in [0.717, 1.165) is 4.90 Å². The number of hydrogen-bond acceptors (Lipinski definition) is 4. The third kappa shape index (κ3) is 3.92. The fourth-order valence-electron chi connectivity index (χ4n) is 2.73. The topological polar surface area (TPSA) is 67.9 Å². The van der Waals surface area contributed by atoms with Crippen LogP contribution in [0.25, 0.3) is 6.08 Å². The van der Waals surface area contributed by atoms with Gasteiger partial charge in [-0.1, -0.05) is 24.3 Å². The van der Waals surface area contributed by atoms with E-state index in [4.69, 9.17) is 9.47 Å². The van der Waals surface area contributed by atoms with Crippen molar-refractivity contribution >= 4 is 18.0 Å². The van der Waals surface area contributed by atoms with Crippen LogP contribution in [0.2, 0.25) is 0 Å². The Morgan fingerprint density at radius 1 is 1.15 bits per heavy atom. The number of hydrogen-bond donors (Lipinski definition) is 1. The van der Waals surface area contributed by atoms with Crippen LogP contribution in [-0.4, -0.2) is 30.6 Å². The maximum atomic E-state index is 13.8. The number of amides is 3. The SMILES string of the molecule is CCOc1cc(/C=C2/NC(=O)N(Cc3ccccc3F)C2=O)ccc1OC. The van der Waals surface area contributed by atoms with Gasteiger partial charge in [-0.25, -0.2) is 9.18 Å². The van der Waals surface area contributed by atoms with Crippen LogP contribution in [0.4, 0.5) is 9.18 Å². The summed E-state index contributed by atoms with van der Waals surface area (Å²) in [5.74, 6) is 0.125. The highest BCUT2D eigenvalue weighted by Crippen LogP contribution is 2.29. The molecule has 0 saturated carbocycles. The number of nitrogens with zero attached hydrogens (tertiary/aromatic N) is 1. The minimum atomic E-state index is -0.590. The first-order chi connectivity index (χ1) is 13.0. The number of rotatable bonds is 6. The minimum absolute atomic E-state index is 0.115.